The molecule has 1 atom stereocenters. The van der Waals surface area contributed by atoms with E-state index in [1.54, 1.807) is 24.4 Å². The van der Waals surface area contributed by atoms with E-state index in [4.69, 9.17) is 4.42 Å². The molecule has 0 amide bonds. The first-order valence-electron chi connectivity index (χ1n) is 4.53. The molecular weight excluding hydrogens is 258 g/mol. The van der Waals surface area contributed by atoms with Crippen LogP contribution in [-0.2, 0) is 0 Å². The summed E-state index contributed by atoms with van der Waals surface area (Å²) in [7, 11) is 0. The topological polar surface area (TPSA) is 46.3 Å². The van der Waals surface area contributed by atoms with Gasteiger partial charge in [-0.15, -0.1) is 0 Å². The number of aliphatic hydroxyl groups excluding tert-OH is 1. The highest BCUT2D eigenvalue weighted by Crippen LogP contribution is 2.27. The number of aryl methyl sites for hydroxylation is 1. The van der Waals surface area contributed by atoms with Crippen molar-refractivity contribution in [3.05, 3.63) is 52.1 Å². The summed E-state index contributed by atoms with van der Waals surface area (Å²) in [6, 6.07) is 7.19. The third kappa shape index (κ3) is 2.11. The molecule has 1 unspecified atom stereocenters. The van der Waals surface area contributed by atoms with E-state index in [-0.39, 0.29) is 0 Å². The lowest BCUT2D eigenvalue weighted by atomic mass is 10.2. The van der Waals surface area contributed by atoms with Gasteiger partial charge in [0.25, 0.3) is 0 Å². The highest BCUT2D eigenvalue weighted by atomic mass is 79.9. The van der Waals surface area contributed by atoms with Crippen LogP contribution in [0.3, 0.4) is 0 Å². The Labute approximate surface area is 95.9 Å². The molecular formula is C11H10BrNO2. The number of aliphatic hydroxyl groups is 1. The van der Waals surface area contributed by atoms with Crippen molar-refractivity contribution >= 4 is 15.9 Å². The quantitative estimate of drug-likeness (QED) is 0.910. The third-order valence-electron chi connectivity index (χ3n) is 2.11. The Bertz CT molecular complexity index is 433. The smallest absolute Gasteiger partial charge is 0.172 e. The van der Waals surface area contributed by atoms with Gasteiger partial charge in [-0.2, -0.15) is 0 Å². The zero-order chi connectivity index (χ0) is 10.8. The van der Waals surface area contributed by atoms with Crippen LogP contribution in [0.1, 0.15) is 23.1 Å². The Morgan fingerprint density at radius 3 is 2.80 bits per heavy atom. The van der Waals surface area contributed by atoms with Crippen LogP contribution in [0.4, 0.5) is 0 Å². The van der Waals surface area contributed by atoms with Crippen molar-refractivity contribution in [2.45, 2.75) is 13.0 Å². The van der Waals surface area contributed by atoms with Gasteiger partial charge in [-0.25, -0.2) is 0 Å². The van der Waals surface area contributed by atoms with Crippen molar-refractivity contribution in [2.24, 2.45) is 0 Å². The maximum atomic E-state index is 9.95. The van der Waals surface area contributed by atoms with E-state index in [0.29, 0.717) is 16.1 Å². The molecule has 0 radical (unpaired) electrons. The molecule has 3 nitrogen and oxygen atoms in total. The standard InChI is InChI=1S/C11H10BrNO2/c1-7-6-9(15-11(7)12)10(14)8-4-2-3-5-13-8/h2-6,10,14H,1H3. The Morgan fingerprint density at radius 1 is 1.47 bits per heavy atom. The molecule has 0 saturated carbocycles. The van der Waals surface area contributed by atoms with Gasteiger partial charge in [0.1, 0.15) is 5.76 Å². The summed E-state index contributed by atoms with van der Waals surface area (Å²) in [4.78, 5) is 4.07. The van der Waals surface area contributed by atoms with Crippen LogP contribution in [0.2, 0.25) is 0 Å². The van der Waals surface area contributed by atoms with E-state index >= 15 is 0 Å². The second-order valence-corrected chi connectivity index (χ2v) is 3.98. The van der Waals surface area contributed by atoms with Gasteiger partial charge in [0.15, 0.2) is 10.8 Å². The molecule has 0 fully saturated rings. The number of nitrogens with zero attached hydrogens (tertiary/aromatic N) is 1. The fraction of sp³-hybridized carbons (Fsp3) is 0.182. The van der Waals surface area contributed by atoms with E-state index in [9.17, 15) is 5.11 Å². The van der Waals surface area contributed by atoms with Crippen molar-refractivity contribution in [1.82, 2.24) is 4.98 Å². The predicted octanol–water partition coefficient (Wildman–Crippen LogP) is 2.83. The number of hydrogen-bond acceptors (Lipinski definition) is 3. The predicted molar refractivity (Wildman–Crippen MR) is 59.4 cm³/mol. The second-order valence-electron chi connectivity index (χ2n) is 3.26. The van der Waals surface area contributed by atoms with Crippen LogP contribution in [-0.4, -0.2) is 10.1 Å². The van der Waals surface area contributed by atoms with Crippen molar-refractivity contribution < 1.29 is 9.52 Å². The minimum Gasteiger partial charge on any atom is -0.451 e. The summed E-state index contributed by atoms with van der Waals surface area (Å²) < 4.78 is 6.00. The van der Waals surface area contributed by atoms with Crippen LogP contribution in [0.5, 0.6) is 0 Å². The van der Waals surface area contributed by atoms with E-state index in [1.807, 2.05) is 13.0 Å². The summed E-state index contributed by atoms with van der Waals surface area (Å²) in [6.45, 7) is 1.90. The number of halogens is 1. The molecule has 0 bridgehead atoms. The molecule has 2 heterocycles. The summed E-state index contributed by atoms with van der Waals surface area (Å²) in [5, 5.41) is 9.95. The Hall–Kier alpha value is -1.13. The molecule has 2 aromatic heterocycles. The molecule has 15 heavy (non-hydrogen) atoms. The lowest BCUT2D eigenvalue weighted by Crippen LogP contribution is -1.99. The number of aromatic nitrogens is 1. The Kier molecular flexibility index (Phi) is 2.88. The van der Waals surface area contributed by atoms with Crippen molar-refractivity contribution in [2.75, 3.05) is 0 Å². The SMILES string of the molecule is Cc1cc(C(O)c2ccccn2)oc1Br. The molecule has 2 aromatic rings. The van der Waals surface area contributed by atoms with Gasteiger partial charge in [-0.1, -0.05) is 6.07 Å². The van der Waals surface area contributed by atoms with Crippen LogP contribution in [0.25, 0.3) is 0 Å². The van der Waals surface area contributed by atoms with Gasteiger partial charge < -0.3 is 9.52 Å². The molecule has 0 aliphatic rings. The minimum absolute atomic E-state index is 0.498. The van der Waals surface area contributed by atoms with Crippen LogP contribution >= 0.6 is 15.9 Å². The third-order valence-corrected chi connectivity index (χ3v) is 2.90. The largest absolute Gasteiger partial charge is 0.451 e. The number of furan rings is 1. The molecule has 0 aromatic carbocycles. The number of rotatable bonds is 2. The highest BCUT2D eigenvalue weighted by Gasteiger charge is 2.16. The van der Waals surface area contributed by atoms with Crippen molar-refractivity contribution in [3.8, 4) is 0 Å². The van der Waals surface area contributed by atoms with Gasteiger partial charge in [0.05, 0.1) is 5.69 Å². The lowest BCUT2D eigenvalue weighted by molar-refractivity contribution is 0.183. The second kappa shape index (κ2) is 4.16. The molecule has 1 N–H and O–H groups in total. The van der Waals surface area contributed by atoms with Crippen LogP contribution < -0.4 is 0 Å². The van der Waals surface area contributed by atoms with Crippen molar-refractivity contribution in [3.63, 3.8) is 0 Å². The zero-order valence-corrected chi connectivity index (χ0v) is 9.73. The first kappa shape index (κ1) is 10.4. The number of pyridine rings is 1. The van der Waals surface area contributed by atoms with Crippen molar-refractivity contribution in [1.29, 1.82) is 0 Å². The van der Waals surface area contributed by atoms with Gasteiger partial charge in [-0.05, 0) is 41.1 Å². The van der Waals surface area contributed by atoms with E-state index in [2.05, 4.69) is 20.9 Å². The van der Waals surface area contributed by atoms with E-state index in [1.165, 1.54) is 0 Å². The number of hydrogen-bond donors (Lipinski definition) is 1. The molecule has 0 aliphatic heterocycles. The van der Waals surface area contributed by atoms with E-state index < -0.39 is 6.10 Å². The Morgan fingerprint density at radius 2 is 2.27 bits per heavy atom. The lowest BCUT2D eigenvalue weighted by Gasteiger charge is -2.05. The Balaban J connectivity index is 2.32. The highest BCUT2D eigenvalue weighted by molar-refractivity contribution is 9.10. The first-order valence-corrected chi connectivity index (χ1v) is 5.32. The van der Waals surface area contributed by atoms with Gasteiger partial charge >= 0.3 is 0 Å². The molecule has 2 rings (SSSR count). The van der Waals surface area contributed by atoms with Gasteiger partial charge in [0.2, 0.25) is 0 Å². The summed E-state index contributed by atoms with van der Waals surface area (Å²) in [5.74, 6) is 0.498. The first-order chi connectivity index (χ1) is 7.18. The maximum Gasteiger partial charge on any atom is 0.172 e. The minimum atomic E-state index is -0.809. The van der Waals surface area contributed by atoms with E-state index in [0.717, 1.165) is 5.56 Å². The fourth-order valence-electron chi connectivity index (χ4n) is 1.30. The normalized spacial score (nSPS) is 12.7. The van der Waals surface area contributed by atoms with Crippen LogP contribution in [0, 0.1) is 6.92 Å². The average Bonchev–Trinajstić information content (AvgIpc) is 2.59. The van der Waals surface area contributed by atoms with Gasteiger partial charge in [0, 0.05) is 11.8 Å². The summed E-state index contributed by atoms with van der Waals surface area (Å²) >= 11 is 3.26. The summed E-state index contributed by atoms with van der Waals surface area (Å²) in [6.07, 6.45) is 0.833. The zero-order valence-electron chi connectivity index (χ0n) is 8.14. The van der Waals surface area contributed by atoms with Gasteiger partial charge in [-0.3, -0.25) is 4.98 Å². The molecule has 0 saturated heterocycles. The molecule has 0 aliphatic carbocycles. The average molecular weight is 268 g/mol. The van der Waals surface area contributed by atoms with Crippen LogP contribution in [0.15, 0.2) is 39.5 Å². The maximum absolute atomic E-state index is 9.95. The molecule has 4 heteroatoms. The monoisotopic (exact) mass is 267 g/mol. The molecule has 0 spiro atoms. The molecule has 78 valence electrons. The fourth-order valence-corrected chi connectivity index (χ4v) is 1.60. The summed E-state index contributed by atoms with van der Waals surface area (Å²) in [5.41, 5.74) is 1.54.